The molecule has 0 radical (unpaired) electrons. The topological polar surface area (TPSA) is 191 Å². The van der Waals surface area contributed by atoms with Gasteiger partial charge < -0.3 is 20.3 Å². The number of ether oxygens (including phenoxy) is 1. The van der Waals surface area contributed by atoms with Crippen LogP contribution in [-0.4, -0.2) is 78.0 Å². The van der Waals surface area contributed by atoms with Gasteiger partial charge in [-0.2, -0.15) is 0 Å². The van der Waals surface area contributed by atoms with Crippen molar-refractivity contribution >= 4 is 54.1 Å². The van der Waals surface area contributed by atoms with Crippen LogP contribution < -0.4 is 10.6 Å². The third kappa shape index (κ3) is 10.6. The Hall–Kier alpha value is -2.12. The minimum absolute atomic E-state index is 0.0496. The number of thioether (sulfide) groups is 1. The summed E-state index contributed by atoms with van der Waals surface area (Å²) in [6.45, 7) is 3.18. The summed E-state index contributed by atoms with van der Waals surface area (Å²) in [4.78, 5) is 79.0. The fourth-order valence-corrected chi connectivity index (χ4v) is 4.41. The number of ketones is 2. The summed E-state index contributed by atoms with van der Waals surface area (Å²) in [5.74, 6) is -3.79. The molecule has 0 aromatic heterocycles. The minimum atomic E-state index is -4.30. The second-order valence-corrected chi connectivity index (χ2v) is 10.2. The Morgan fingerprint density at radius 1 is 1.12 bits per heavy atom. The molecule has 1 aliphatic rings. The molecule has 1 saturated heterocycles. The van der Waals surface area contributed by atoms with Gasteiger partial charge in [-0.15, -0.1) is 0 Å². The summed E-state index contributed by atoms with van der Waals surface area (Å²) in [5.41, 5.74) is -0.847. The summed E-state index contributed by atoms with van der Waals surface area (Å²) in [6.07, 6.45) is -2.55. The normalized spacial score (nSPS) is 21.5. The molecule has 0 bridgehead atoms. The highest BCUT2D eigenvalue weighted by atomic mass is 32.2. The lowest BCUT2D eigenvalue weighted by molar-refractivity contribution is -0.152. The number of phosphoric ester groups is 1. The SMILES string of the molecule is COC(=O)C(=O)CC(=O)CC(=O)SCCNC(=O)CCNC(=O)[C@@H]1OP(=O)(O)OCC1(C)C. The molecule has 2 atom stereocenters. The molecule has 1 unspecified atom stereocenters. The van der Waals surface area contributed by atoms with Gasteiger partial charge in [-0.1, -0.05) is 25.6 Å². The van der Waals surface area contributed by atoms with E-state index in [1.807, 2.05) is 0 Å². The second-order valence-electron chi connectivity index (χ2n) is 7.63. The zero-order valence-electron chi connectivity index (χ0n) is 18.4. The number of phosphoric acid groups is 1. The molecular weight excluding hydrogens is 483 g/mol. The average Bonchev–Trinajstić information content (AvgIpc) is 2.72. The summed E-state index contributed by atoms with van der Waals surface area (Å²) in [7, 11) is -3.30. The number of carbonyl (C=O) groups excluding carboxylic acids is 6. The molecule has 1 aliphatic heterocycles. The van der Waals surface area contributed by atoms with Crippen LogP contribution in [0.15, 0.2) is 0 Å². The summed E-state index contributed by atoms with van der Waals surface area (Å²) >= 11 is 0.785. The highest BCUT2D eigenvalue weighted by molar-refractivity contribution is 8.13. The van der Waals surface area contributed by atoms with Crippen LogP contribution in [0, 0.1) is 5.41 Å². The van der Waals surface area contributed by atoms with Crippen LogP contribution in [0.25, 0.3) is 0 Å². The van der Waals surface area contributed by atoms with Gasteiger partial charge in [0.2, 0.25) is 17.6 Å². The minimum Gasteiger partial charge on any atom is -0.463 e. The molecule has 1 fully saturated rings. The molecule has 0 saturated carbocycles. The van der Waals surface area contributed by atoms with E-state index in [1.165, 1.54) is 0 Å². The molecule has 0 aromatic rings. The molecule has 1 heterocycles. The molecule has 13 nitrogen and oxygen atoms in total. The number of Topliss-reactive ketones (excluding diaryl/α,β-unsaturated/α-hetero) is 2. The Kier molecular flexibility index (Phi) is 11.3. The number of esters is 1. The lowest BCUT2D eigenvalue weighted by Gasteiger charge is -2.38. The van der Waals surface area contributed by atoms with Crippen molar-refractivity contribution in [2.24, 2.45) is 5.41 Å². The smallest absolute Gasteiger partial charge is 0.463 e. The van der Waals surface area contributed by atoms with Crippen LogP contribution in [0.1, 0.15) is 33.1 Å². The molecule has 1 rings (SSSR count). The monoisotopic (exact) mass is 510 g/mol. The lowest BCUT2D eigenvalue weighted by Crippen LogP contribution is -2.49. The number of methoxy groups -OCH3 is 1. The van der Waals surface area contributed by atoms with E-state index in [4.69, 9.17) is 9.05 Å². The van der Waals surface area contributed by atoms with Crippen molar-refractivity contribution < 1.29 is 52.0 Å². The molecule has 15 heteroatoms. The van der Waals surface area contributed by atoms with E-state index in [0.717, 1.165) is 18.9 Å². The first-order chi connectivity index (χ1) is 15.3. The average molecular weight is 510 g/mol. The summed E-state index contributed by atoms with van der Waals surface area (Å²) < 4.78 is 25.3. The Bertz CT molecular complexity index is 845. The maximum absolute atomic E-state index is 12.3. The predicted molar refractivity (Wildman–Crippen MR) is 114 cm³/mol. The van der Waals surface area contributed by atoms with Crippen LogP contribution in [0.5, 0.6) is 0 Å². The third-order valence-corrected chi connectivity index (χ3v) is 6.04. The van der Waals surface area contributed by atoms with E-state index in [0.29, 0.717) is 0 Å². The Labute approximate surface area is 194 Å². The van der Waals surface area contributed by atoms with Gasteiger partial charge >= 0.3 is 13.8 Å². The van der Waals surface area contributed by atoms with Crippen molar-refractivity contribution in [1.82, 2.24) is 10.6 Å². The zero-order valence-corrected chi connectivity index (χ0v) is 20.1. The molecule has 0 aliphatic carbocycles. The molecule has 0 spiro atoms. The van der Waals surface area contributed by atoms with Crippen LogP contribution in [0.3, 0.4) is 0 Å². The van der Waals surface area contributed by atoms with E-state index in [1.54, 1.807) is 13.8 Å². The van der Waals surface area contributed by atoms with E-state index in [2.05, 4.69) is 15.4 Å². The number of amides is 2. The summed E-state index contributed by atoms with van der Waals surface area (Å²) in [5, 5.41) is 4.48. The molecule has 2 amide bonds. The van der Waals surface area contributed by atoms with Crippen molar-refractivity contribution in [3.63, 3.8) is 0 Å². The van der Waals surface area contributed by atoms with Gasteiger partial charge in [0.1, 0.15) is 5.78 Å². The maximum Gasteiger partial charge on any atom is 0.472 e. The highest BCUT2D eigenvalue weighted by Crippen LogP contribution is 2.52. The first-order valence-corrected chi connectivity index (χ1v) is 12.2. The van der Waals surface area contributed by atoms with Crippen LogP contribution in [0.2, 0.25) is 0 Å². The largest absolute Gasteiger partial charge is 0.472 e. The zero-order chi connectivity index (χ0) is 25.2. The van der Waals surface area contributed by atoms with Crippen molar-refractivity contribution in [1.29, 1.82) is 0 Å². The third-order valence-electron chi connectivity index (χ3n) is 4.24. The van der Waals surface area contributed by atoms with E-state index in [9.17, 15) is 38.2 Å². The number of hydrogen-bond donors (Lipinski definition) is 3. The van der Waals surface area contributed by atoms with Gasteiger partial charge in [0.25, 0.3) is 0 Å². The fraction of sp³-hybridized carbons (Fsp3) is 0.667. The molecule has 0 aromatic carbocycles. The van der Waals surface area contributed by atoms with E-state index >= 15 is 0 Å². The Morgan fingerprint density at radius 3 is 2.42 bits per heavy atom. The fourth-order valence-electron chi connectivity index (χ4n) is 2.51. The number of nitrogens with one attached hydrogen (secondary N) is 2. The van der Waals surface area contributed by atoms with Gasteiger partial charge in [0.15, 0.2) is 11.2 Å². The molecule has 33 heavy (non-hydrogen) atoms. The van der Waals surface area contributed by atoms with Crippen LogP contribution in [0.4, 0.5) is 0 Å². The Balaban J connectivity index is 2.23. The van der Waals surface area contributed by atoms with Gasteiger partial charge in [-0.25, -0.2) is 9.36 Å². The molecular formula is C18H27N2O11PS. The maximum atomic E-state index is 12.3. The van der Waals surface area contributed by atoms with E-state index < -0.39 is 66.6 Å². The Morgan fingerprint density at radius 2 is 1.79 bits per heavy atom. The van der Waals surface area contributed by atoms with Gasteiger partial charge in [0, 0.05) is 30.7 Å². The first-order valence-electron chi connectivity index (χ1n) is 9.76. The van der Waals surface area contributed by atoms with Crippen LogP contribution >= 0.6 is 19.6 Å². The standard InChI is InChI=1S/C18H27N2O11PS/c1-18(2)10-30-32(27,28)31-15(18)16(25)20-5-4-13(23)19-6-7-33-14(24)9-11(21)8-12(22)17(26)29-3/h15H,4-10H2,1-3H3,(H,19,23)(H,20,25)(H,27,28)/t15-/m0/s1. The van der Waals surface area contributed by atoms with Crippen molar-refractivity contribution in [3.05, 3.63) is 0 Å². The van der Waals surface area contributed by atoms with Crippen molar-refractivity contribution in [2.75, 3.05) is 32.6 Å². The quantitative estimate of drug-likeness (QED) is 0.100. The van der Waals surface area contributed by atoms with Gasteiger partial charge in [-0.05, 0) is 0 Å². The molecule has 186 valence electrons. The number of rotatable bonds is 12. The van der Waals surface area contributed by atoms with Crippen LogP contribution in [-0.2, 0) is 47.1 Å². The summed E-state index contributed by atoms with van der Waals surface area (Å²) in [6, 6.07) is 0. The van der Waals surface area contributed by atoms with Crippen molar-refractivity contribution in [2.45, 2.75) is 39.2 Å². The van der Waals surface area contributed by atoms with Gasteiger partial charge in [-0.3, -0.25) is 33.0 Å². The van der Waals surface area contributed by atoms with E-state index in [-0.39, 0.29) is 31.9 Å². The van der Waals surface area contributed by atoms with Gasteiger partial charge in [0.05, 0.1) is 26.6 Å². The second kappa shape index (κ2) is 12.9. The predicted octanol–water partition coefficient (Wildman–Crippen LogP) is -0.498. The lowest BCUT2D eigenvalue weighted by atomic mass is 9.87. The van der Waals surface area contributed by atoms with Crippen molar-refractivity contribution in [3.8, 4) is 0 Å². The highest BCUT2D eigenvalue weighted by Gasteiger charge is 2.47. The first kappa shape index (κ1) is 28.9. The molecule has 3 N–H and O–H groups in total. The number of carbonyl (C=O) groups is 6. The number of hydrogen-bond acceptors (Lipinski definition) is 11.